The average molecular weight is 419 g/mol. The number of nitrogens with one attached hydrogen (secondary N) is 1. The van der Waals surface area contributed by atoms with E-state index in [0.29, 0.717) is 17.3 Å². The van der Waals surface area contributed by atoms with Gasteiger partial charge in [0.15, 0.2) is 0 Å². The Bertz CT molecular complexity index is 1230. The molecule has 4 rings (SSSR count). The molecule has 1 amide bonds. The fourth-order valence-electron chi connectivity index (χ4n) is 3.06. The van der Waals surface area contributed by atoms with Crippen LogP contribution in [-0.2, 0) is 7.05 Å². The molecule has 4 aromatic heterocycles. The second kappa shape index (κ2) is 8.40. The van der Waals surface area contributed by atoms with Crippen molar-refractivity contribution in [2.75, 3.05) is 11.9 Å². The van der Waals surface area contributed by atoms with E-state index in [2.05, 4.69) is 35.9 Å². The van der Waals surface area contributed by atoms with Crippen molar-refractivity contribution in [1.29, 1.82) is 0 Å². The van der Waals surface area contributed by atoms with Gasteiger partial charge in [-0.1, -0.05) is 6.07 Å². The van der Waals surface area contributed by atoms with E-state index in [1.807, 2.05) is 20.2 Å². The zero-order chi connectivity index (χ0) is 22.0. The number of aliphatic hydroxyl groups is 1. The first-order valence-electron chi connectivity index (χ1n) is 9.59. The van der Waals surface area contributed by atoms with Crippen molar-refractivity contribution in [1.82, 2.24) is 40.0 Å². The fraction of sp³-hybridized carbons (Fsp3) is 0.250. The van der Waals surface area contributed by atoms with Gasteiger partial charge in [-0.3, -0.25) is 14.5 Å². The summed E-state index contributed by atoms with van der Waals surface area (Å²) in [6.45, 7) is 3.60. The lowest BCUT2D eigenvalue weighted by Gasteiger charge is -2.11. The Balaban J connectivity index is 1.59. The average Bonchev–Trinajstić information content (AvgIpc) is 3.43. The molecular weight excluding hydrogens is 398 g/mol. The van der Waals surface area contributed by atoms with Gasteiger partial charge in [-0.05, 0) is 53.6 Å². The van der Waals surface area contributed by atoms with Gasteiger partial charge in [-0.15, -0.1) is 5.10 Å². The molecule has 0 aliphatic carbocycles. The molecule has 1 atom stereocenters. The SMILES string of the molecule is Cc1cnc(C(=O)Nc2cccc(-c3nnnn3[C@H](C)CO)n2)cc1-c1cnn(C)c1. The molecule has 0 aromatic carbocycles. The Morgan fingerprint density at radius 3 is 2.87 bits per heavy atom. The van der Waals surface area contributed by atoms with Gasteiger partial charge in [0.1, 0.15) is 17.2 Å². The molecule has 4 aromatic rings. The maximum absolute atomic E-state index is 12.8. The fourth-order valence-corrected chi connectivity index (χ4v) is 3.06. The predicted molar refractivity (Wildman–Crippen MR) is 112 cm³/mol. The second-order valence-electron chi connectivity index (χ2n) is 7.13. The van der Waals surface area contributed by atoms with Crippen molar-refractivity contribution < 1.29 is 9.90 Å². The highest BCUT2D eigenvalue weighted by Crippen LogP contribution is 2.23. The van der Waals surface area contributed by atoms with Gasteiger partial charge in [0.2, 0.25) is 5.82 Å². The van der Waals surface area contributed by atoms with Gasteiger partial charge in [-0.2, -0.15) is 5.10 Å². The summed E-state index contributed by atoms with van der Waals surface area (Å²) in [4.78, 5) is 21.5. The van der Waals surface area contributed by atoms with Gasteiger partial charge in [0.05, 0.1) is 18.8 Å². The normalized spacial score (nSPS) is 12.0. The second-order valence-corrected chi connectivity index (χ2v) is 7.13. The van der Waals surface area contributed by atoms with Crippen molar-refractivity contribution in [2.45, 2.75) is 19.9 Å². The van der Waals surface area contributed by atoms with Gasteiger partial charge >= 0.3 is 0 Å². The van der Waals surface area contributed by atoms with Crippen molar-refractivity contribution in [3.63, 3.8) is 0 Å². The summed E-state index contributed by atoms with van der Waals surface area (Å²) in [5.74, 6) is 0.335. The molecule has 0 aliphatic rings. The van der Waals surface area contributed by atoms with E-state index >= 15 is 0 Å². The number of aryl methyl sites for hydroxylation is 2. The van der Waals surface area contributed by atoms with Crippen LogP contribution in [0.2, 0.25) is 0 Å². The maximum Gasteiger partial charge on any atom is 0.275 e. The summed E-state index contributed by atoms with van der Waals surface area (Å²) in [6, 6.07) is 6.56. The number of tetrazole rings is 1. The van der Waals surface area contributed by atoms with Crippen LogP contribution in [0, 0.1) is 6.92 Å². The number of amides is 1. The Morgan fingerprint density at radius 1 is 1.29 bits per heavy atom. The van der Waals surface area contributed by atoms with E-state index in [1.54, 1.807) is 48.3 Å². The lowest BCUT2D eigenvalue weighted by atomic mass is 10.0. The summed E-state index contributed by atoms with van der Waals surface area (Å²) in [7, 11) is 1.84. The third kappa shape index (κ3) is 4.16. The van der Waals surface area contributed by atoms with Crippen molar-refractivity contribution in [3.05, 3.63) is 54.1 Å². The van der Waals surface area contributed by atoms with E-state index in [9.17, 15) is 9.90 Å². The first-order valence-corrected chi connectivity index (χ1v) is 9.59. The van der Waals surface area contributed by atoms with Crippen LogP contribution in [0.1, 0.15) is 29.0 Å². The highest BCUT2D eigenvalue weighted by Gasteiger charge is 2.17. The minimum atomic E-state index is -0.391. The van der Waals surface area contributed by atoms with Crippen LogP contribution in [0.15, 0.2) is 42.9 Å². The standard InChI is InChI=1S/C20H21N9O2/c1-12-8-21-17(7-15(12)14-9-22-28(3)10-14)20(31)24-18-6-4-5-16(23-18)19-25-26-27-29(19)13(2)11-30/h4-10,13,30H,11H2,1-3H3,(H,23,24,31)/t13-/m1/s1. The Kier molecular flexibility index (Phi) is 5.50. The minimum Gasteiger partial charge on any atom is -0.394 e. The topological polar surface area (TPSA) is 137 Å². The zero-order valence-electron chi connectivity index (χ0n) is 17.3. The van der Waals surface area contributed by atoms with Crippen LogP contribution in [0.25, 0.3) is 22.6 Å². The van der Waals surface area contributed by atoms with Crippen molar-refractivity contribution >= 4 is 11.7 Å². The smallest absolute Gasteiger partial charge is 0.275 e. The maximum atomic E-state index is 12.8. The molecule has 0 saturated carbocycles. The monoisotopic (exact) mass is 419 g/mol. The van der Waals surface area contributed by atoms with E-state index < -0.39 is 5.91 Å². The van der Waals surface area contributed by atoms with Gasteiger partial charge < -0.3 is 10.4 Å². The summed E-state index contributed by atoms with van der Waals surface area (Å²) in [5.41, 5.74) is 3.45. The Hall–Kier alpha value is -3.99. The van der Waals surface area contributed by atoms with E-state index in [0.717, 1.165) is 16.7 Å². The number of hydrogen-bond acceptors (Lipinski definition) is 8. The number of rotatable bonds is 6. The third-order valence-corrected chi connectivity index (χ3v) is 4.75. The summed E-state index contributed by atoms with van der Waals surface area (Å²) in [6.07, 6.45) is 5.28. The molecule has 158 valence electrons. The minimum absolute atomic E-state index is 0.118. The van der Waals surface area contributed by atoms with E-state index in [4.69, 9.17) is 0 Å². The number of aromatic nitrogens is 8. The molecule has 0 saturated heterocycles. The molecule has 0 radical (unpaired) electrons. The quantitative estimate of drug-likeness (QED) is 0.481. The van der Waals surface area contributed by atoms with Crippen LogP contribution in [0.4, 0.5) is 5.82 Å². The Morgan fingerprint density at radius 2 is 2.13 bits per heavy atom. The van der Waals surface area contributed by atoms with Crippen LogP contribution in [0.3, 0.4) is 0 Å². The van der Waals surface area contributed by atoms with Crippen LogP contribution < -0.4 is 5.32 Å². The molecule has 2 N–H and O–H groups in total. The number of hydrogen-bond donors (Lipinski definition) is 2. The van der Waals surface area contributed by atoms with Crippen molar-refractivity contribution in [2.24, 2.45) is 7.05 Å². The zero-order valence-corrected chi connectivity index (χ0v) is 17.3. The number of carbonyl (C=O) groups is 1. The number of anilines is 1. The Labute approximate surface area is 177 Å². The van der Waals surface area contributed by atoms with Crippen molar-refractivity contribution in [3.8, 4) is 22.6 Å². The van der Waals surface area contributed by atoms with E-state index in [1.165, 1.54) is 4.68 Å². The molecule has 0 aliphatic heterocycles. The molecule has 0 spiro atoms. The van der Waals surface area contributed by atoms with Gasteiger partial charge in [0.25, 0.3) is 5.91 Å². The molecule has 31 heavy (non-hydrogen) atoms. The lowest BCUT2D eigenvalue weighted by molar-refractivity contribution is 0.102. The highest BCUT2D eigenvalue weighted by atomic mass is 16.3. The highest BCUT2D eigenvalue weighted by molar-refractivity contribution is 6.03. The number of nitrogens with zero attached hydrogens (tertiary/aromatic N) is 8. The summed E-state index contributed by atoms with van der Waals surface area (Å²) >= 11 is 0. The number of carbonyl (C=O) groups excluding carboxylic acids is 1. The van der Waals surface area contributed by atoms with Gasteiger partial charge in [0, 0.05) is 25.0 Å². The number of pyridine rings is 2. The predicted octanol–water partition coefficient (Wildman–Crippen LogP) is 1.64. The number of aliphatic hydroxyl groups excluding tert-OH is 1. The summed E-state index contributed by atoms with van der Waals surface area (Å²) in [5, 5.41) is 27.9. The first-order chi connectivity index (χ1) is 15.0. The molecule has 4 heterocycles. The molecule has 0 bridgehead atoms. The molecular formula is C20H21N9O2. The molecule has 0 fully saturated rings. The van der Waals surface area contributed by atoms with Crippen LogP contribution in [-0.4, -0.2) is 57.6 Å². The van der Waals surface area contributed by atoms with Crippen LogP contribution >= 0.6 is 0 Å². The summed E-state index contributed by atoms with van der Waals surface area (Å²) < 4.78 is 3.19. The largest absolute Gasteiger partial charge is 0.394 e. The first kappa shape index (κ1) is 20.3. The van der Waals surface area contributed by atoms with Crippen LogP contribution in [0.5, 0.6) is 0 Å². The van der Waals surface area contributed by atoms with Gasteiger partial charge in [-0.25, -0.2) is 9.67 Å². The molecule has 0 unspecified atom stereocenters. The third-order valence-electron chi connectivity index (χ3n) is 4.75. The lowest BCUT2D eigenvalue weighted by Crippen LogP contribution is -2.16. The molecule has 11 heteroatoms. The molecule has 11 nitrogen and oxygen atoms in total. The van der Waals surface area contributed by atoms with E-state index in [-0.39, 0.29) is 18.3 Å².